The number of thioether (sulfide) groups is 1. The van der Waals surface area contributed by atoms with Crippen LogP contribution in [0.25, 0.3) is 28.1 Å². The zero-order chi connectivity index (χ0) is 21.7. The number of aromatic nitrogens is 1. The number of ether oxygens (including phenoxy) is 1. The fraction of sp³-hybridized carbons (Fsp3) is 0.148. The van der Waals surface area contributed by atoms with E-state index in [1.54, 1.807) is 7.11 Å². The Morgan fingerprint density at radius 1 is 1.06 bits per heavy atom. The van der Waals surface area contributed by atoms with Crippen molar-refractivity contribution in [3.8, 4) is 16.9 Å². The second kappa shape index (κ2) is 8.94. The molecule has 3 heterocycles. The molecule has 1 aromatic heterocycles. The number of para-hydroxylation sites is 2. The van der Waals surface area contributed by atoms with Crippen molar-refractivity contribution in [3.63, 3.8) is 0 Å². The van der Waals surface area contributed by atoms with E-state index in [0.29, 0.717) is 5.15 Å². The van der Waals surface area contributed by atoms with Crippen molar-refractivity contribution in [2.24, 2.45) is 0 Å². The Balaban J connectivity index is 0.00000228. The van der Waals surface area contributed by atoms with Crippen LogP contribution in [0, 0.1) is 0 Å². The van der Waals surface area contributed by atoms with Gasteiger partial charge < -0.3 is 9.64 Å². The number of rotatable bonds is 3. The molecule has 0 atom stereocenters. The first-order valence-electron chi connectivity index (χ1n) is 10.7. The summed E-state index contributed by atoms with van der Waals surface area (Å²) in [5.74, 6) is 0.845. The predicted octanol–water partition coefficient (Wildman–Crippen LogP) is 7.84. The zero-order valence-corrected chi connectivity index (χ0v) is 20.4. The summed E-state index contributed by atoms with van der Waals surface area (Å²) in [5.41, 5.74) is 6.91. The number of hydrogen-bond donors (Lipinski definition) is 0. The largest absolute Gasteiger partial charge is 0.496 e. The van der Waals surface area contributed by atoms with Crippen LogP contribution >= 0.6 is 35.8 Å². The van der Waals surface area contributed by atoms with Crippen LogP contribution < -0.4 is 9.64 Å². The highest BCUT2D eigenvalue weighted by atomic mass is 35.5. The second-order valence-electron chi connectivity index (χ2n) is 8.07. The van der Waals surface area contributed by atoms with Crippen LogP contribution in [0.1, 0.15) is 17.5 Å². The monoisotopic (exact) mass is 492 g/mol. The fourth-order valence-electron chi connectivity index (χ4n) is 4.72. The molecule has 0 saturated heterocycles. The Morgan fingerprint density at radius 2 is 1.94 bits per heavy atom. The molecule has 3 aromatic carbocycles. The zero-order valence-electron chi connectivity index (χ0n) is 18.0. The minimum atomic E-state index is 0. The molecule has 3 nitrogen and oxygen atoms in total. The molecule has 0 unspecified atom stereocenters. The van der Waals surface area contributed by atoms with Gasteiger partial charge in [-0.05, 0) is 59.9 Å². The van der Waals surface area contributed by atoms with Crippen LogP contribution in [0.5, 0.6) is 5.75 Å². The summed E-state index contributed by atoms with van der Waals surface area (Å²) in [6.45, 7) is 1.05. The molecule has 0 aliphatic carbocycles. The van der Waals surface area contributed by atoms with E-state index in [1.165, 1.54) is 27.6 Å². The van der Waals surface area contributed by atoms with Gasteiger partial charge in [0.25, 0.3) is 0 Å². The lowest BCUT2D eigenvalue weighted by molar-refractivity contribution is 0.416. The van der Waals surface area contributed by atoms with Gasteiger partial charge in [-0.1, -0.05) is 65.8 Å². The lowest BCUT2D eigenvalue weighted by Gasteiger charge is -2.27. The van der Waals surface area contributed by atoms with E-state index in [4.69, 9.17) is 16.3 Å². The van der Waals surface area contributed by atoms with Crippen LogP contribution in [0.2, 0.25) is 5.15 Å². The SMILES string of the molecule is COc1ccccc1-c1ccc2c(/C=C3\Sc4cccc5c4N3CCC5)cc(Cl)nc2c1.Cl. The number of aryl methyl sites for hydroxylation is 1. The van der Waals surface area contributed by atoms with Gasteiger partial charge in [0.15, 0.2) is 0 Å². The third-order valence-electron chi connectivity index (χ3n) is 6.17. The second-order valence-corrected chi connectivity index (χ2v) is 9.52. The average molecular weight is 493 g/mol. The lowest BCUT2D eigenvalue weighted by Crippen LogP contribution is -2.24. The molecule has 166 valence electrons. The van der Waals surface area contributed by atoms with E-state index >= 15 is 0 Å². The molecule has 0 fully saturated rings. The molecule has 0 saturated carbocycles. The molecule has 6 rings (SSSR count). The highest BCUT2D eigenvalue weighted by Gasteiger charge is 2.30. The minimum Gasteiger partial charge on any atom is -0.496 e. The van der Waals surface area contributed by atoms with Crippen molar-refractivity contribution in [1.82, 2.24) is 4.98 Å². The topological polar surface area (TPSA) is 25.4 Å². The number of fused-ring (bicyclic) bond motifs is 1. The molecule has 4 aromatic rings. The van der Waals surface area contributed by atoms with Crippen molar-refractivity contribution in [3.05, 3.63) is 88.0 Å². The van der Waals surface area contributed by atoms with Gasteiger partial charge >= 0.3 is 0 Å². The summed E-state index contributed by atoms with van der Waals surface area (Å²) in [5, 5.41) is 2.85. The Labute approximate surface area is 208 Å². The molecule has 0 N–H and O–H groups in total. The summed E-state index contributed by atoms with van der Waals surface area (Å²) in [6, 6.07) is 23.0. The van der Waals surface area contributed by atoms with Crippen molar-refractivity contribution in [2.75, 3.05) is 18.6 Å². The van der Waals surface area contributed by atoms with E-state index < -0.39 is 0 Å². The quantitative estimate of drug-likeness (QED) is 0.272. The van der Waals surface area contributed by atoms with Crippen LogP contribution in [0.15, 0.2) is 76.7 Å². The number of nitrogens with zero attached hydrogens (tertiary/aromatic N) is 2. The molecule has 0 spiro atoms. The highest BCUT2D eigenvalue weighted by Crippen LogP contribution is 2.50. The summed E-state index contributed by atoms with van der Waals surface area (Å²) < 4.78 is 5.55. The Kier molecular flexibility index (Phi) is 6.00. The van der Waals surface area contributed by atoms with Gasteiger partial charge in [-0.2, -0.15) is 0 Å². The molecular weight excluding hydrogens is 471 g/mol. The molecule has 2 aliphatic heterocycles. The maximum Gasteiger partial charge on any atom is 0.130 e. The van der Waals surface area contributed by atoms with E-state index in [0.717, 1.165) is 46.3 Å². The summed E-state index contributed by atoms with van der Waals surface area (Å²) >= 11 is 8.32. The summed E-state index contributed by atoms with van der Waals surface area (Å²) in [4.78, 5) is 8.44. The van der Waals surface area contributed by atoms with Crippen molar-refractivity contribution in [1.29, 1.82) is 0 Å². The Bertz CT molecular complexity index is 1400. The summed E-state index contributed by atoms with van der Waals surface area (Å²) in [7, 11) is 1.70. The first kappa shape index (κ1) is 22.1. The number of methoxy groups -OCH3 is 1. The van der Waals surface area contributed by atoms with Gasteiger partial charge in [0.1, 0.15) is 10.9 Å². The highest BCUT2D eigenvalue weighted by molar-refractivity contribution is 8.03. The minimum absolute atomic E-state index is 0. The molecule has 2 aliphatic rings. The van der Waals surface area contributed by atoms with Gasteiger partial charge in [0.2, 0.25) is 0 Å². The first-order valence-corrected chi connectivity index (χ1v) is 11.9. The standard InChI is InChI=1S/C27H21ClN2OS.ClH/c1-31-23-9-3-2-8-21(23)18-11-12-20-19(15-25(28)29-22(20)14-18)16-26-30-13-5-7-17-6-4-10-24(32-26)27(17)30;/h2-4,6,8-12,14-16H,5,7,13H2,1H3;1H/b26-16-;. The number of hydrogen-bond acceptors (Lipinski definition) is 4. The maximum absolute atomic E-state index is 6.48. The van der Waals surface area contributed by atoms with Crippen LogP contribution in [-0.2, 0) is 6.42 Å². The number of anilines is 1. The molecule has 6 heteroatoms. The van der Waals surface area contributed by atoms with E-state index in [1.807, 2.05) is 36.0 Å². The van der Waals surface area contributed by atoms with Gasteiger partial charge in [-0.3, -0.25) is 0 Å². The predicted molar refractivity (Wildman–Crippen MR) is 142 cm³/mol. The number of halogens is 2. The summed E-state index contributed by atoms with van der Waals surface area (Å²) in [6.07, 6.45) is 4.59. The third-order valence-corrected chi connectivity index (χ3v) is 7.46. The van der Waals surface area contributed by atoms with Crippen LogP contribution in [0.4, 0.5) is 5.69 Å². The average Bonchev–Trinajstić information content (AvgIpc) is 3.17. The van der Waals surface area contributed by atoms with Gasteiger partial charge in [-0.15, -0.1) is 12.4 Å². The van der Waals surface area contributed by atoms with E-state index in [-0.39, 0.29) is 12.4 Å². The van der Waals surface area contributed by atoms with Crippen molar-refractivity contribution < 1.29 is 4.74 Å². The first-order chi connectivity index (χ1) is 15.7. The van der Waals surface area contributed by atoms with Gasteiger partial charge in [-0.25, -0.2) is 4.98 Å². The van der Waals surface area contributed by atoms with E-state index in [2.05, 4.69) is 58.4 Å². The molecule has 0 amide bonds. The Morgan fingerprint density at radius 3 is 2.82 bits per heavy atom. The maximum atomic E-state index is 6.48. The number of pyridine rings is 1. The number of benzene rings is 3. The van der Waals surface area contributed by atoms with Gasteiger partial charge in [0.05, 0.1) is 23.3 Å². The lowest BCUT2D eigenvalue weighted by atomic mass is 10.0. The molecule has 33 heavy (non-hydrogen) atoms. The third kappa shape index (κ3) is 3.86. The van der Waals surface area contributed by atoms with Crippen LogP contribution in [-0.4, -0.2) is 18.6 Å². The van der Waals surface area contributed by atoms with Crippen molar-refractivity contribution in [2.45, 2.75) is 17.7 Å². The fourth-order valence-corrected chi connectivity index (χ4v) is 6.12. The van der Waals surface area contributed by atoms with Gasteiger partial charge in [0, 0.05) is 22.4 Å². The van der Waals surface area contributed by atoms with Crippen molar-refractivity contribution >= 4 is 58.4 Å². The molecular formula is C27H22Cl2N2OS. The molecule has 0 radical (unpaired) electrons. The Hall–Kier alpha value is -2.66. The normalized spacial score (nSPS) is 15.5. The molecule has 0 bridgehead atoms. The van der Waals surface area contributed by atoms with E-state index in [9.17, 15) is 0 Å². The smallest absolute Gasteiger partial charge is 0.130 e. The van der Waals surface area contributed by atoms with Crippen LogP contribution in [0.3, 0.4) is 0 Å².